The Labute approximate surface area is 251 Å². The second kappa shape index (κ2) is 11.9. The molecule has 0 radical (unpaired) electrons. The summed E-state index contributed by atoms with van der Waals surface area (Å²) in [4.78, 5) is 19.8. The number of fused-ring (bicyclic) bond motifs is 1. The summed E-state index contributed by atoms with van der Waals surface area (Å²) >= 11 is 6.26. The van der Waals surface area contributed by atoms with Crippen LogP contribution in [0.25, 0.3) is 10.9 Å². The van der Waals surface area contributed by atoms with Gasteiger partial charge in [0.05, 0.1) is 18.2 Å². The highest BCUT2D eigenvalue weighted by atomic mass is 35.5. The van der Waals surface area contributed by atoms with Crippen molar-refractivity contribution in [1.29, 1.82) is 0 Å². The molecule has 3 aromatic carbocycles. The largest absolute Gasteiger partial charge is 0.481 e. The van der Waals surface area contributed by atoms with Crippen molar-refractivity contribution in [2.24, 2.45) is 0 Å². The van der Waals surface area contributed by atoms with Crippen molar-refractivity contribution in [3.63, 3.8) is 0 Å². The minimum absolute atomic E-state index is 0.263. The summed E-state index contributed by atoms with van der Waals surface area (Å²) in [5.74, 6) is -0.642. The fourth-order valence-corrected chi connectivity index (χ4v) is 6.09. The third-order valence-electron chi connectivity index (χ3n) is 7.77. The monoisotopic (exact) mass is 590 g/mol. The molecule has 6 nitrogen and oxygen atoms in total. The van der Waals surface area contributed by atoms with Crippen LogP contribution >= 0.6 is 11.6 Å². The summed E-state index contributed by atoms with van der Waals surface area (Å²) in [6.45, 7) is 5.81. The van der Waals surface area contributed by atoms with E-state index in [1.54, 1.807) is 23.1 Å². The number of halogens is 2. The molecule has 1 fully saturated rings. The summed E-state index contributed by atoms with van der Waals surface area (Å²) in [7, 11) is 1.54. The smallest absolute Gasteiger partial charge is 0.410 e. The zero-order valence-corrected chi connectivity index (χ0v) is 25.1. The second-order valence-electron chi connectivity index (χ2n) is 12.0. The van der Waals surface area contributed by atoms with E-state index in [0.717, 1.165) is 11.1 Å². The Morgan fingerprint density at radius 2 is 1.83 bits per heavy atom. The summed E-state index contributed by atoms with van der Waals surface area (Å²) in [5.41, 5.74) is 1.09. The predicted octanol–water partition coefficient (Wildman–Crippen LogP) is 7.54. The number of hydrogen-bond acceptors (Lipinski definition) is 5. The molecule has 1 amide bonds. The molecule has 0 spiro atoms. The second-order valence-corrected chi connectivity index (χ2v) is 12.4. The first-order valence-corrected chi connectivity index (χ1v) is 14.5. The molecule has 0 aliphatic carbocycles. The fourth-order valence-electron chi connectivity index (χ4n) is 5.96. The van der Waals surface area contributed by atoms with Crippen molar-refractivity contribution in [1.82, 2.24) is 9.88 Å². The number of ether oxygens (including phenoxy) is 2. The van der Waals surface area contributed by atoms with E-state index in [4.69, 9.17) is 21.1 Å². The van der Waals surface area contributed by atoms with Crippen molar-refractivity contribution in [2.75, 3.05) is 13.7 Å². The van der Waals surface area contributed by atoms with Crippen molar-refractivity contribution < 1.29 is 23.8 Å². The number of piperidine rings is 1. The number of amides is 1. The van der Waals surface area contributed by atoms with E-state index in [1.807, 2.05) is 69.3 Å². The molecular formula is C34H36ClFN2O4. The van der Waals surface area contributed by atoms with Gasteiger partial charge in [-0.2, -0.15) is 0 Å². The van der Waals surface area contributed by atoms with Gasteiger partial charge >= 0.3 is 6.09 Å². The Hall–Kier alpha value is -3.68. The summed E-state index contributed by atoms with van der Waals surface area (Å²) in [6, 6.07) is 23.1. The maximum Gasteiger partial charge on any atom is 0.410 e. The predicted molar refractivity (Wildman–Crippen MR) is 163 cm³/mol. The zero-order valence-electron chi connectivity index (χ0n) is 24.3. The van der Waals surface area contributed by atoms with Crippen molar-refractivity contribution >= 4 is 28.6 Å². The van der Waals surface area contributed by atoms with Crippen molar-refractivity contribution in [2.45, 2.75) is 63.2 Å². The lowest BCUT2D eigenvalue weighted by Gasteiger charge is -2.47. The molecule has 8 heteroatoms. The Balaban J connectivity index is 1.62. The Morgan fingerprint density at radius 3 is 2.50 bits per heavy atom. The zero-order chi connectivity index (χ0) is 30.1. The van der Waals surface area contributed by atoms with Gasteiger partial charge in [0, 0.05) is 34.5 Å². The maximum absolute atomic E-state index is 14.3. The van der Waals surface area contributed by atoms with Crippen LogP contribution in [-0.4, -0.2) is 52.0 Å². The average Bonchev–Trinajstić information content (AvgIpc) is 2.93. The minimum atomic E-state index is -1.32. The molecule has 1 aliphatic rings. The van der Waals surface area contributed by atoms with E-state index in [-0.39, 0.29) is 31.2 Å². The fraction of sp³-hybridized carbons (Fsp3) is 0.353. The van der Waals surface area contributed by atoms with Gasteiger partial charge in [-0.1, -0.05) is 54.1 Å². The number of aliphatic hydroxyl groups is 1. The van der Waals surface area contributed by atoms with Gasteiger partial charge in [-0.05, 0) is 87.6 Å². The standard InChI is InChI=1S/C34H36ClFN2O4/c1-33(2,3)42-32(39)38-17-16-34(40,21-27(38)18-22-8-6-5-7-9-22)30(23-10-12-25(35)13-11-23)28-20-24-19-26(36)14-15-29(24)37-31(28)41-4/h5-15,19-20,27,30,40H,16-18,21H2,1-4H3. The third-order valence-corrected chi connectivity index (χ3v) is 8.02. The van der Waals surface area contributed by atoms with Crippen LogP contribution in [0.3, 0.4) is 0 Å². The van der Waals surface area contributed by atoms with E-state index >= 15 is 0 Å². The van der Waals surface area contributed by atoms with Crippen molar-refractivity contribution in [3.05, 3.63) is 106 Å². The van der Waals surface area contributed by atoms with Crippen molar-refractivity contribution in [3.8, 4) is 5.88 Å². The van der Waals surface area contributed by atoms with E-state index in [1.165, 1.54) is 19.2 Å². The van der Waals surface area contributed by atoms with Crippen LogP contribution in [0.2, 0.25) is 5.02 Å². The lowest BCUT2D eigenvalue weighted by molar-refractivity contribution is -0.0630. The lowest BCUT2D eigenvalue weighted by Crippen LogP contribution is -2.56. The Bertz CT molecular complexity index is 1560. The molecule has 3 atom stereocenters. The van der Waals surface area contributed by atoms with Crippen LogP contribution in [0.5, 0.6) is 5.88 Å². The number of rotatable bonds is 6. The molecule has 0 bridgehead atoms. The van der Waals surface area contributed by atoms with Gasteiger partial charge in [0.15, 0.2) is 0 Å². The molecule has 4 aromatic rings. The number of benzene rings is 3. The van der Waals surface area contributed by atoms with Gasteiger partial charge in [-0.25, -0.2) is 14.2 Å². The third kappa shape index (κ3) is 6.53. The first-order chi connectivity index (χ1) is 20.0. The SMILES string of the molecule is COc1nc2ccc(F)cc2cc1C(c1ccc(Cl)cc1)C1(O)CCN(C(=O)OC(C)(C)C)C(Cc2ccccc2)C1. The number of carbonyl (C=O) groups is 1. The normalized spacial score (nSPS) is 19.9. The van der Waals surface area contributed by atoms with Crippen LogP contribution in [0.15, 0.2) is 78.9 Å². The van der Waals surface area contributed by atoms with E-state index in [2.05, 4.69) is 4.98 Å². The first-order valence-electron chi connectivity index (χ1n) is 14.1. The number of likely N-dealkylation sites (tertiary alicyclic amines) is 1. The lowest BCUT2D eigenvalue weighted by atomic mass is 9.70. The van der Waals surface area contributed by atoms with Crippen LogP contribution in [0, 0.1) is 5.82 Å². The molecule has 3 unspecified atom stereocenters. The highest BCUT2D eigenvalue weighted by molar-refractivity contribution is 6.30. The van der Waals surface area contributed by atoms with Gasteiger partial charge in [0.25, 0.3) is 0 Å². The summed E-state index contributed by atoms with van der Waals surface area (Å²) in [5, 5.41) is 13.8. The first kappa shape index (κ1) is 29.8. The summed E-state index contributed by atoms with van der Waals surface area (Å²) < 4.78 is 25.8. The maximum atomic E-state index is 14.3. The minimum Gasteiger partial charge on any atom is -0.481 e. The van der Waals surface area contributed by atoms with E-state index in [9.17, 15) is 14.3 Å². The highest BCUT2D eigenvalue weighted by Gasteiger charge is 2.48. The molecule has 1 N–H and O–H groups in total. The molecule has 1 aliphatic heterocycles. The number of carbonyl (C=O) groups excluding carboxylic acids is 1. The molecule has 1 saturated heterocycles. The Morgan fingerprint density at radius 1 is 1.12 bits per heavy atom. The molecule has 42 heavy (non-hydrogen) atoms. The quantitative estimate of drug-likeness (QED) is 0.251. The molecule has 2 heterocycles. The van der Waals surface area contributed by atoms with E-state index < -0.39 is 23.2 Å². The molecular weight excluding hydrogens is 555 g/mol. The number of pyridine rings is 1. The van der Waals surface area contributed by atoms with Crippen LogP contribution < -0.4 is 4.74 Å². The van der Waals surface area contributed by atoms with Gasteiger partial charge in [-0.15, -0.1) is 0 Å². The van der Waals surface area contributed by atoms with Gasteiger partial charge < -0.3 is 19.5 Å². The molecule has 5 rings (SSSR count). The van der Waals surface area contributed by atoms with Crippen LogP contribution in [-0.2, 0) is 11.2 Å². The number of aromatic nitrogens is 1. The van der Waals surface area contributed by atoms with Gasteiger partial charge in [0.1, 0.15) is 11.4 Å². The van der Waals surface area contributed by atoms with E-state index in [0.29, 0.717) is 33.8 Å². The topological polar surface area (TPSA) is 71.9 Å². The number of hydrogen-bond donors (Lipinski definition) is 1. The molecule has 1 aromatic heterocycles. The van der Waals surface area contributed by atoms with Gasteiger partial charge in [0.2, 0.25) is 5.88 Å². The van der Waals surface area contributed by atoms with Crippen LogP contribution in [0.4, 0.5) is 9.18 Å². The number of nitrogens with zero attached hydrogens (tertiary/aromatic N) is 2. The summed E-state index contributed by atoms with van der Waals surface area (Å²) in [6.07, 6.45) is 0.663. The molecule has 220 valence electrons. The number of methoxy groups -OCH3 is 1. The average molecular weight is 591 g/mol. The Kier molecular flexibility index (Phi) is 8.44. The van der Waals surface area contributed by atoms with Crippen LogP contribution in [0.1, 0.15) is 56.2 Å². The molecule has 0 saturated carbocycles. The highest BCUT2D eigenvalue weighted by Crippen LogP contribution is 2.47. The van der Waals surface area contributed by atoms with Gasteiger partial charge in [-0.3, -0.25) is 0 Å².